The second-order valence-corrected chi connectivity index (χ2v) is 19.7. The summed E-state index contributed by atoms with van der Waals surface area (Å²) >= 11 is 0. The van der Waals surface area contributed by atoms with Crippen LogP contribution in [0.4, 0.5) is 0 Å². The molecule has 0 amide bonds. The minimum atomic E-state index is -4.53. The van der Waals surface area contributed by atoms with E-state index in [0.29, 0.717) is 6.61 Å². The Kier molecular flexibility index (Phi) is 52.1. The van der Waals surface area contributed by atoms with Gasteiger partial charge in [0.1, 0.15) is 12.2 Å². The Morgan fingerprint density at radius 3 is 1.26 bits per heavy atom. The van der Waals surface area contributed by atoms with Crippen molar-refractivity contribution in [1.29, 1.82) is 0 Å². The first-order valence-electron chi connectivity index (χ1n) is 27.6. The molecule has 394 valence electrons. The number of carbonyl (C=O) groups excluding carboxylic acids is 1. The highest BCUT2D eigenvalue weighted by atomic mass is 31.2. The van der Waals surface area contributed by atoms with Crippen LogP contribution >= 0.6 is 7.82 Å². The van der Waals surface area contributed by atoms with Crippen molar-refractivity contribution in [3.05, 3.63) is 85.1 Å². The molecule has 0 spiro atoms. The standard InChI is InChI=1S/C58H103O9P/c1-3-5-7-9-11-13-15-17-19-21-23-25-27-29-31-33-35-37-39-41-43-45-47-49-51-64-54-57(55-66-68(62,63)65-53-56(60)52-59)67-58(61)50-48-46-44-42-40-38-36-34-32-30-28-26-24-22-20-18-16-14-12-10-8-6-4-2/h5,7,11,13,16-19,22-25,29,31,56-57,59-60H,3-4,6,8-10,12,14-15,20-21,26-28,30,32-55H2,1-2H3,(H,62,63)/b7-5-,13-11-,18-16-,19-17-,24-22-,25-23-,31-29-. The van der Waals surface area contributed by atoms with E-state index in [-0.39, 0.29) is 25.6 Å². The SMILES string of the molecule is CC/C=C\C/C=C\C/C=C\C/C=C\C/C=C\CCCCCCCCCCOCC(COP(=O)(O)OCC(O)CO)OC(=O)CCCCCCCCCCCCC/C=C\C/C=C\CCCCCCC. The van der Waals surface area contributed by atoms with Gasteiger partial charge in [0.05, 0.1) is 26.4 Å². The molecule has 0 heterocycles. The number of aliphatic hydroxyl groups is 2. The van der Waals surface area contributed by atoms with Crippen molar-refractivity contribution >= 4 is 13.8 Å². The van der Waals surface area contributed by atoms with Gasteiger partial charge in [0.2, 0.25) is 0 Å². The van der Waals surface area contributed by atoms with E-state index in [1.54, 1.807) is 0 Å². The van der Waals surface area contributed by atoms with Gasteiger partial charge in [-0.05, 0) is 89.9 Å². The molecule has 0 aromatic heterocycles. The summed E-state index contributed by atoms with van der Waals surface area (Å²) in [5.41, 5.74) is 0. The van der Waals surface area contributed by atoms with Gasteiger partial charge in [-0.25, -0.2) is 4.57 Å². The molecule has 0 saturated heterocycles. The molecule has 68 heavy (non-hydrogen) atoms. The highest BCUT2D eigenvalue weighted by molar-refractivity contribution is 7.47. The molecule has 0 aromatic carbocycles. The molecule has 3 atom stereocenters. The van der Waals surface area contributed by atoms with Gasteiger partial charge in [0, 0.05) is 13.0 Å². The molecule has 0 saturated carbocycles. The summed E-state index contributed by atoms with van der Waals surface area (Å²) in [6.07, 6.45) is 68.4. The lowest BCUT2D eigenvalue weighted by molar-refractivity contribution is -0.154. The number of unbranched alkanes of at least 4 members (excludes halogenated alkanes) is 24. The highest BCUT2D eigenvalue weighted by Crippen LogP contribution is 2.43. The Morgan fingerprint density at radius 1 is 0.471 bits per heavy atom. The van der Waals surface area contributed by atoms with Crippen LogP contribution in [0.5, 0.6) is 0 Å². The van der Waals surface area contributed by atoms with E-state index in [4.69, 9.17) is 23.6 Å². The lowest BCUT2D eigenvalue weighted by Gasteiger charge is -2.20. The molecule has 10 heteroatoms. The lowest BCUT2D eigenvalue weighted by atomic mass is 10.0. The van der Waals surface area contributed by atoms with Gasteiger partial charge >= 0.3 is 13.8 Å². The zero-order valence-corrected chi connectivity index (χ0v) is 44.4. The fourth-order valence-corrected chi connectivity index (χ4v) is 8.20. The number of hydrogen-bond acceptors (Lipinski definition) is 8. The van der Waals surface area contributed by atoms with Crippen LogP contribution < -0.4 is 0 Å². The fraction of sp³-hybridized carbons (Fsp3) is 0.741. The van der Waals surface area contributed by atoms with Gasteiger partial charge in [-0.1, -0.05) is 221 Å². The average Bonchev–Trinajstić information content (AvgIpc) is 3.33. The molecule has 0 fully saturated rings. The Labute approximate surface area is 417 Å². The van der Waals surface area contributed by atoms with Crippen LogP contribution in [0.2, 0.25) is 0 Å². The van der Waals surface area contributed by atoms with Gasteiger partial charge < -0.3 is 24.6 Å². The van der Waals surface area contributed by atoms with Crippen molar-refractivity contribution in [1.82, 2.24) is 0 Å². The smallest absolute Gasteiger partial charge is 0.457 e. The first kappa shape index (κ1) is 65.6. The molecule has 0 aliphatic carbocycles. The number of phosphoric acid groups is 1. The minimum absolute atomic E-state index is 0.0388. The molecule has 0 aliphatic heterocycles. The lowest BCUT2D eigenvalue weighted by Crippen LogP contribution is -2.29. The normalized spacial score (nSPS) is 14.4. The number of rotatable bonds is 52. The van der Waals surface area contributed by atoms with Gasteiger partial charge in [-0.2, -0.15) is 0 Å². The number of ether oxygens (including phenoxy) is 2. The molecule has 0 bridgehead atoms. The largest absolute Gasteiger partial charge is 0.472 e. The molecule has 3 N–H and O–H groups in total. The van der Waals surface area contributed by atoms with Crippen LogP contribution in [-0.2, 0) is 27.9 Å². The number of aliphatic hydroxyl groups excluding tert-OH is 2. The van der Waals surface area contributed by atoms with Crippen molar-refractivity contribution in [2.75, 3.05) is 33.0 Å². The van der Waals surface area contributed by atoms with Crippen molar-refractivity contribution in [3.8, 4) is 0 Å². The van der Waals surface area contributed by atoms with Gasteiger partial charge in [0.25, 0.3) is 0 Å². The number of allylic oxidation sites excluding steroid dienone is 14. The van der Waals surface area contributed by atoms with Crippen molar-refractivity contribution in [3.63, 3.8) is 0 Å². The quantitative estimate of drug-likeness (QED) is 0.0236. The van der Waals surface area contributed by atoms with Crippen molar-refractivity contribution < 1.29 is 43.0 Å². The Balaban J connectivity index is 4.08. The first-order valence-corrected chi connectivity index (χ1v) is 29.1. The Morgan fingerprint density at radius 2 is 0.838 bits per heavy atom. The Bertz CT molecular complexity index is 1340. The first-order chi connectivity index (χ1) is 33.3. The summed E-state index contributed by atoms with van der Waals surface area (Å²) in [7, 11) is -4.53. The summed E-state index contributed by atoms with van der Waals surface area (Å²) in [4.78, 5) is 22.8. The van der Waals surface area contributed by atoms with Crippen LogP contribution in [0, 0.1) is 0 Å². The summed E-state index contributed by atoms with van der Waals surface area (Å²) in [6.45, 7) is 3.39. The van der Waals surface area contributed by atoms with Crippen LogP contribution in [0.15, 0.2) is 85.1 Å². The highest BCUT2D eigenvalue weighted by Gasteiger charge is 2.26. The van der Waals surface area contributed by atoms with E-state index in [2.05, 4.69) is 98.9 Å². The third-order valence-electron chi connectivity index (χ3n) is 11.6. The van der Waals surface area contributed by atoms with Crippen molar-refractivity contribution in [2.45, 2.75) is 244 Å². The molecule has 0 rings (SSSR count). The zero-order valence-electron chi connectivity index (χ0n) is 43.6. The maximum atomic E-state index is 12.7. The summed E-state index contributed by atoms with van der Waals surface area (Å²) in [5.74, 6) is -0.389. The zero-order chi connectivity index (χ0) is 49.5. The number of hydrogen-bond donors (Lipinski definition) is 3. The van der Waals surface area contributed by atoms with E-state index >= 15 is 0 Å². The van der Waals surface area contributed by atoms with Crippen LogP contribution in [0.1, 0.15) is 232 Å². The van der Waals surface area contributed by atoms with Crippen molar-refractivity contribution in [2.24, 2.45) is 0 Å². The second kappa shape index (κ2) is 54.0. The number of phosphoric ester groups is 1. The molecule has 0 aliphatic rings. The van der Waals surface area contributed by atoms with Gasteiger partial charge in [-0.15, -0.1) is 0 Å². The molecular weight excluding hydrogens is 872 g/mol. The summed E-state index contributed by atoms with van der Waals surface area (Å²) in [5, 5.41) is 18.5. The van der Waals surface area contributed by atoms with E-state index in [0.717, 1.165) is 83.5 Å². The molecule has 0 aromatic rings. The topological polar surface area (TPSA) is 132 Å². The maximum absolute atomic E-state index is 12.7. The third-order valence-corrected chi connectivity index (χ3v) is 12.5. The predicted octanol–water partition coefficient (Wildman–Crippen LogP) is 16.6. The molecule has 3 unspecified atom stereocenters. The van der Waals surface area contributed by atoms with E-state index < -0.39 is 33.2 Å². The number of esters is 1. The number of carbonyl (C=O) groups is 1. The molecular formula is C58H103O9P. The summed E-state index contributed by atoms with van der Waals surface area (Å²) in [6, 6.07) is 0. The van der Waals surface area contributed by atoms with Crippen LogP contribution in [-0.4, -0.2) is 66.3 Å². The third kappa shape index (κ3) is 53.0. The minimum Gasteiger partial charge on any atom is -0.457 e. The molecule has 0 radical (unpaired) electrons. The summed E-state index contributed by atoms with van der Waals surface area (Å²) < 4.78 is 33.6. The second-order valence-electron chi connectivity index (χ2n) is 18.2. The Hall–Kier alpha value is -2.36. The van der Waals surface area contributed by atoms with Crippen LogP contribution in [0.25, 0.3) is 0 Å². The average molecular weight is 975 g/mol. The predicted molar refractivity (Wildman–Crippen MR) is 288 cm³/mol. The van der Waals surface area contributed by atoms with E-state index in [1.165, 1.54) is 128 Å². The molecule has 9 nitrogen and oxygen atoms in total. The van der Waals surface area contributed by atoms with E-state index in [9.17, 15) is 19.4 Å². The maximum Gasteiger partial charge on any atom is 0.472 e. The van der Waals surface area contributed by atoms with Crippen LogP contribution in [0.3, 0.4) is 0 Å². The van der Waals surface area contributed by atoms with Gasteiger partial charge in [0.15, 0.2) is 0 Å². The van der Waals surface area contributed by atoms with Gasteiger partial charge in [-0.3, -0.25) is 13.8 Å². The monoisotopic (exact) mass is 975 g/mol. The fourth-order valence-electron chi connectivity index (χ4n) is 7.41. The van der Waals surface area contributed by atoms with E-state index in [1.807, 2.05) is 0 Å².